The molecule has 0 bridgehead atoms. The lowest BCUT2D eigenvalue weighted by Crippen LogP contribution is -2.47. The molecule has 0 saturated carbocycles. The molecule has 1 heterocycles. The van der Waals surface area contributed by atoms with Crippen molar-refractivity contribution in [3.05, 3.63) is 52.5 Å². The Bertz CT molecular complexity index is 610. The Morgan fingerprint density at radius 2 is 1.96 bits per heavy atom. The Morgan fingerprint density at radius 3 is 2.46 bits per heavy atom. The van der Waals surface area contributed by atoms with Crippen molar-refractivity contribution in [3.8, 4) is 0 Å². The van der Waals surface area contributed by atoms with E-state index in [2.05, 4.69) is 10.3 Å². The zero-order valence-electron chi connectivity index (χ0n) is 14.1. The van der Waals surface area contributed by atoms with Gasteiger partial charge in [0.2, 0.25) is 5.91 Å². The van der Waals surface area contributed by atoms with Crippen molar-refractivity contribution in [1.82, 2.24) is 10.3 Å². The first kappa shape index (κ1) is 22.9. The van der Waals surface area contributed by atoms with E-state index in [9.17, 15) is 4.79 Å². The average molecular weight is 390 g/mol. The Morgan fingerprint density at radius 1 is 1.33 bits per heavy atom. The molecule has 4 nitrogen and oxygen atoms in total. The van der Waals surface area contributed by atoms with E-state index in [0.717, 1.165) is 17.0 Å². The molecule has 24 heavy (non-hydrogen) atoms. The number of carbonyl (C=O) groups excluding carboxylic acids is 1. The van der Waals surface area contributed by atoms with Crippen molar-refractivity contribution >= 4 is 42.1 Å². The van der Waals surface area contributed by atoms with Crippen molar-refractivity contribution < 1.29 is 4.79 Å². The highest BCUT2D eigenvalue weighted by Gasteiger charge is 2.32. The lowest BCUT2D eigenvalue weighted by atomic mass is 9.92. The summed E-state index contributed by atoms with van der Waals surface area (Å²) in [6.45, 7) is 5.92. The van der Waals surface area contributed by atoms with Crippen LogP contribution in [0.2, 0.25) is 0 Å². The fraction of sp³-hybridized carbons (Fsp3) is 0.412. The molecule has 0 spiro atoms. The van der Waals surface area contributed by atoms with Crippen molar-refractivity contribution in [2.75, 3.05) is 0 Å². The Hall–Kier alpha value is -1.14. The molecule has 1 aromatic carbocycles. The summed E-state index contributed by atoms with van der Waals surface area (Å²) in [5.74, 6) is -0.357. The van der Waals surface area contributed by atoms with Gasteiger partial charge >= 0.3 is 0 Å². The van der Waals surface area contributed by atoms with Crippen LogP contribution in [-0.4, -0.2) is 10.9 Å². The number of nitrogens with one attached hydrogen (secondary N) is 1. The first-order valence-electron chi connectivity index (χ1n) is 7.50. The van der Waals surface area contributed by atoms with Gasteiger partial charge in [0.1, 0.15) is 5.01 Å². The minimum atomic E-state index is -0.448. The number of carbonyl (C=O) groups is 1. The number of hydrogen-bond acceptors (Lipinski definition) is 4. The second-order valence-electron chi connectivity index (χ2n) is 5.74. The van der Waals surface area contributed by atoms with Gasteiger partial charge in [0.15, 0.2) is 0 Å². The van der Waals surface area contributed by atoms with Crippen molar-refractivity contribution in [2.24, 2.45) is 11.7 Å². The summed E-state index contributed by atoms with van der Waals surface area (Å²) in [4.78, 5) is 17.0. The van der Waals surface area contributed by atoms with Crippen molar-refractivity contribution in [3.63, 3.8) is 0 Å². The van der Waals surface area contributed by atoms with Gasteiger partial charge in [0.05, 0.1) is 11.5 Å². The third kappa shape index (κ3) is 5.18. The molecule has 0 fully saturated rings. The molecular weight excluding hydrogens is 365 g/mol. The number of thiazole rings is 1. The summed E-state index contributed by atoms with van der Waals surface area (Å²) in [6.07, 6.45) is 2.54. The zero-order valence-corrected chi connectivity index (χ0v) is 16.5. The van der Waals surface area contributed by atoms with Crippen LogP contribution >= 0.6 is 36.2 Å². The number of halogens is 2. The van der Waals surface area contributed by atoms with Crippen LogP contribution < -0.4 is 11.1 Å². The summed E-state index contributed by atoms with van der Waals surface area (Å²) in [5.41, 5.74) is 6.77. The average Bonchev–Trinajstić information content (AvgIpc) is 3.09. The van der Waals surface area contributed by atoms with Crippen LogP contribution in [0.25, 0.3) is 0 Å². The summed E-state index contributed by atoms with van der Waals surface area (Å²) >= 11 is 1.56. The number of hydrogen-bond donors (Lipinski definition) is 2. The fourth-order valence-electron chi connectivity index (χ4n) is 2.30. The predicted molar refractivity (Wildman–Crippen MR) is 105 cm³/mol. The number of amides is 1. The van der Waals surface area contributed by atoms with Crippen LogP contribution in [0.15, 0.2) is 41.9 Å². The second-order valence-corrected chi connectivity index (χ2v) is 6.63. The topological polar surface area (TPSA) is 68.0 Å². The minimum Gasteiger partial charge on any atom is -0.344 e. The number of nitrogens with two attached hydrogens (primary N) is 1. The summed E-state index contributed by atoms with van der Waals surface area (Å²) in [5, 5.41) is 5.97. The molecule has 1 amide bonds. The molecule has 0 radical (unpaired) electrons. The molecule has 0 aliphatic heterocycles. The van der Waals surface area contributed by atoms with Gasteiger partial charge in [0, 0.05) is 17.6 Å². The maximum Gasteiger partial charge on any atom is 0.225 e. The van der Waals surface area contributed by atoms with E-state index >= 15 is 0 Å². The van der Waals surface area contributed by atoms with Gasteiger partial charge < -0.3 is 11.1 Å². The van der Waals surface area contributed by atoms with Crippen LogP contribution in [-0.2, 0) is 10.3 Å². The maximum absolute atomic E-state index is 12.6. The van der Waals surface area contributed by atoms with E-state index in [0.29, 0.717) is 0 Å². The summed E-state index contributed by atoms with van der Waals surface area (Å²) in [6, 6.07) is 9.40. The van der Waals surface area contributed by atoms with Gasteiger partial charge in [-0.05, 0) is 18.9 Å². The molecule has 0 aliphatic carbocycles. The first-order valence-corrected chi connectivity index (χ1v) is 8.38. The standard InChI is InChI=1S/C17H23N3OS.2ClH/c1-4-17(3,16-19-10-11-22-16)20-15(21)12(2)14(18)13-8-6-5-7-9-13;;/h5-12,14H,4,18H2,1-3H3,(H,20,21);2*1H. The number of benzene rings is 1. The van der Waals surface area contributed by atoms with Crippen LogP contribution in [0.4, 0.5) is 0 Å². The van der Waals surface area contributed by atoms with Gasteiger partial charge in [-0.25, -0.2) is 4.98 Å². The molecular formula is C17H25Cl2N3OS. The van der Waals surface area contributed by atoms with Crippen LogP contribution in [0.1, 0.15) is 43.8 Å². The van der Waals surface area contributed by atoms with Crippen LogP contribution in [0, 0.1) is 5.92 Å². The largest absolute Gasteiger partial charge is 0.344 e. The van der Waals surface area contributed by atoms with Crippen LogP contribution in [0.3, 0.4) is 0 Å². The first-order chi connectivity index (χ1) is 10.5. The molecule has 3 unspecified atom stereocenters. The fourth-order valence-corrected chi connectivity index (χ4v) is 3.13. The Balaban J connectivity index is 0.00000264. The molecule has 134 valence electrons. The summed E-state index contributed by atoms with van der Waals surface area (Å²) in [7, 11) is 0. The van der Waals surface area contributed by atoms with E-state index in [1.54, 1.807) is 17.5 Å². The highest BCUT2D eigenvalue weighted by molar-refractivity contribution is 7.09. The molecule has 2 rings (SSSR count). The zero-order chi connectivity index (χ0) is 16.2. The van der Waals surface area contributed by atoms with Gasteiger partial charge in [0.25, 0.3) is 0 Å². The molecule has 3 atom stereocenters. The minimum absolute atomic E-state index is 0. The van der Waals surface area contributed by atoms with E-state index in [4.69, 9.17) is 5.73 Å². The van der Waals surface area contributed by atoms with E-state index < -0.39 is 5.54 Å². The molecule has 1 aromatic heterocycles. The van der Waals surface area contributed by atoms with E-state index in [1.165, 1.54) is 0 Å². The van der Waals surface area contributed by atoms with Crippen LogP contribution in [0.5, 0.6) is 0 Å². The summed E-state index contributed by atoms with van der Waals surface area (Å²) < 4.78 is 0. The monoisotopic (exact) mass is 389 g/mol. The van der Waals surface area contributed by atoms with E-state index in [-0.39, 0.29) is 42.7 Å². The van der Waals surface area contributed by atoms with Crippen molar-refractivity contribution in [2.45, 2.75) is 38.8 Å². The predicted octanol–water partition coefficient (Wildman–Crippen LogP) is 4.06. The second kappa shape index (κ2) is 9.99. The lowest BCUT2D eigenvalue weighted by molar-refractivity contribution is -0.127. The highest BCUT2D eigenvalue weighted by atomic mass is 35.5. The smallest absolute Gasteiger partial charge is 0.225 e. The molecule has 3 N–H and O–H groups in total. The quantitative estimate of drug-likeness (QED) is 0.782. The molecule has 0 saturated heterocycles. The lowest BCUT2D eigenvalue weighted by Gasteiger charge is -2.30. The third-order valence-electron chi connectivity index (χ3n) is 4.15. The third-order valence-corrected chi connectivity index (χ3v) is 5.18. The van der Waals surface area contributed by atoms with Gasteiger partial charge in [-0.2, -0.15) is 0 Å². The van der Waals surface area contributed by atoms with Gasteiger partial charge in [-0.15, -0.1) is 36.2 Å². The van der Waals surface area contributed by atoms with E-state index in [1.807, 2.05) is 56.5 Å². The Kier molecular flexibility index (Phi) is 9.51. The number of rotatable bonds is 6. The van der Waals surface area contributed by atoms with Gasteiger partial charge in [-0.3, -0.25) is 4.79 Å². The number of nitrogens with zero attached hydrogens (tertiary/aromatic N) is 1. The maximum atomic E-state index is 12.6. The molecule has 0 aliphatic rings. The number of aromatic nitrogens is 1. The van der Waals surface area contributed by atoms with Crippen molar-refractivity contribution in [1.29, 1.82) is 0 Å². The highest BCUT2D eigenvalue weighted by Crippen LogP contribution is 2.28. The molecule has 7 heteroatoms. The normalized spacial score (nSPS) is 15.2. The Labute approximate surface area is 160 Å². The molecule has 2 aromatic rings. The SMILES string of the molecule is CCC(C)(NC(=O)C(C)C(N)c1ccccc1)c1nccs1.Cl.Cl. The van der Waals surface area contributed by atoms with Gasteiger partial charge in [-0.1, -0.05) is 44.2 Å².